The fourth-order valence-electron chi connectivity index (χ4n) is 0.931. The SMILES string of the molecule is COC(=O)CNc1nc[nH]c(=O)c1OC. The Labute approximate surface area is 85.4 Å². The van der Waals surface area contributed by atoms with E-state index in [0.29, 0.717) is 0 Å². The number of nitrogens with one attached hydrogen (secondary N) is 2. The Hall–Kier alpha value is -2.05. The van der Waals surface area contributed by atoms with E-state index in [1.807, 2.05) is 0 Å². The molecule has 7 nitrogen and oxygen atoms in total. The highest BCUT2D eigenvalue weighted by Gasteiger charge is 2.09. The molecular weight excluding hydrogens is 202 g/mol. The van der Waals surface area contributed by atoms with Crippen LogP contribution in [0.15, 0.2) is 11.1 Å². The Morgan fingerprint density at radius 2 is 2.33 bits per heavy atom. The van der Waals surface area contributed by atoms with Crippen LogP contribution in [0.1, 0.15) is 0 Å². The van der Waals surface area contributed by atoms with E-state index in [2.05, 4.69) is 20.0 Å². The first-order chi connectivity index (χ1) is 7.19. The van der Waals surface area contributed by atoms with E-state index < -0.39 is 11.5 Å². The number of ether oxygens (including phenoxy) is 2. The number of rotatable bonds is 4. The number of H-pyrrole nitrogens is 1. The van der Waals surface area contributed by atoms with Crippen LogP contribution in [0.25, 0.3) is 0 Å². The molecule has 1 aromatic rings. The number of esters is 1. The van der Waals surface area contributed by atoms with Gasteiger partial charge < -0.3 is 19.8 Å². The van der Waals surface area contributed by atoms with Crippen LogP contribution in [0.3, 0.4) is 0 Å². The highest BCUT2D eigenvalue weighted by Crippen LogP contribution is 2.13. The van der Waals surface area contributed by atoms with Crippen LogP contribution < -0.4 is 15.6 Å². The zero-order valence-electron chi connectivity index (χ0n) is 8.36. The van der Waals surface area contributed by atoms with E-state index in [1.165, 1.54) is 20.5 Å². The van der Waals surface area contributed by atoms with Crippen LogP contribution in [0, 0.1) is 0 Å². The third-order valence-corrected chi connectivity index (χ3v) is 1.64. The van der Waals surface area contributed by atoms with Crippen molar-refractivity contribution in [3.05, 3.63) is 16.7 Å². The molecule has 7 heteroatoms. The molecule has 1 heterocycles. The van der Waals surface area contributed by atoms with Crippen molar-refractivity contribution in [2.24, 2.45) is 0 Å². The largest absolute Gasteiger partial charge is 0.489 e. The molecule has 0 fully saturated rings. The standard InChI is InChI=1S/C8H11N3O4/c1-14-5(12)3-9-7-6(15-2)8(13)11-4-10-7/h4H,3H2,1-2H3,(H2,9,10,11,13). The first-order valence-electron chi connectivity index (χ1n) is 4.11. The number of hydrogen-bond acceptors (Lipinski definition) is 6. The summed E-state index contributed by atoms with van der Waals surface area (Å²) in [4.78, 5) is 28.2. The molecule has 15 heavy (non-hydrogen) atoms. The van der Waals surface area contributed by atoms with Gasteiger partial charge in [-0.2, -0.15) is 0 Å². The number of aromatic nitrogens is 2. The van der Waals surface area contributed by atoms with Gasteiger partial charge >= 0.3 is 5.97 Å². The quantitative estimate of drug-likeness (QED) is 0.646. The molecule has 0 aliphatic heterocycles. The van der Waals surface area contributed by atoms with E-state index in [4.69, 9.17) is 4.74 Å². The first-order valence-corrected chi connectivity index (χ1v) is 4.11. The van der Waals surface area contributed by atoms with Crippen LogP contribution >= 0.6 is 0 Å². The average molecular weight is 213 g/mol. The number of hydrogen-bond donors (Lipinski definition) is 2. The average Bonchev–Trinajstić information content (AvgIpc) is 2.25. The number of methoxy groups -OCH3 is 2. The van der Waals surface area contributed by atoms with Gasteiger partial charge in [0.2, 0.25) is 5.75 Å². The second-order valence-electron chi connectivity index (χ2n) is 2.54. The van der Waals surface area contributed by atoms with Crippen molar-refractivity contribution >= 4 is 11.8 Å². The minimum absolute atomic E-state index is 0.0291. The third kappa shape index (κ3) is 2.70. The zero-order chi connectivity index (χ0) is 11.3. The normalized spacial score (nSPS) is 9.47. The molecule has 0 aromatic carbocycles. The fraction of sp³-hybridized carbons (Fsp3) is 0.375. The van der Waals surface area contributed by atoms with Crippen molar-refractivity contribution in [3.63, 3.8) is 0 Å². The predicted octanol–water partition coefficient (Wildman–Crippen LogP) is -0.637. The summed E-state index contributed by atoms with van der Waals surface area (Å²) < 4.78 is 9.24. The number of nitrogens with zero attached hydrogens (tertiary/aromatic N) is 1. The summed E-state index contributed by atoms with van der Waals surface area (Å²) in [6.45, 7) is -0.0800. The Morgan fingerprint density at radius 3 is 2.93 bits per heavy atom. The lowest BCUT2D eigenvalue weighted by Gasteiger charge is -2.07. The monoisotopic (exact) mass is 213 g/mol. The zero-order valence-corrected chi connectivity index (χ0v) is 8.36. The number of aromatic amines is 1. The molecule has 0 saturated carbocycles. The van der Waals surface area contributed by atoms with Gasteiger partial charge in [-0.15, -0.1) is 0 Å². The molecule has 2 N–H and O–H groups in total. The molecule has 0 saturated heterocycles. The lowest BCUT2D eigenvalue weighted by atomic mass is 10.5. The Morgan fingerprint density at radius 1 is 1.60 bits per heavy atom. The van der Waals surface area contributed by atoms with Gasteiger partial charge in [0.15, 0.2) is 5.82 Å². The van der Waals surface area contributed by atoms with E-state index >= 15 is 0 Å². The van der Waals surface area contributed by atoms with Gasteiger partial charge in [0.05, 0.1) is 20.5 Å². The van der Waals surface area contributed by atoms with E-state index in [-0.39, 0.29) is 18.1 Å². The molecule has 0 aliphatic carbocycles. The smallest absolute Gasteiger partial charge is 0.325 e. The summed E-state index contributed by atoms with van der Waals surface area (Å²) >= 11 is 0. The highest BCUT2D eigenvalue weighted by atomic mass is 16.5. The summed E-state index contributed by atoms with van der Waals surface area (Å²) in [7, 11) is 2.61. The summed E-state index contributed by atoms with van der Waals surface area (Å²) in [5, 5.41) is 2.63. The van der Waals surface area contributed by atoms with Crippen LogP contribution in [-0.2, 0) is 9.53 Å². The van der Waals surface area contributed by atoms with Crippen molar-refractivity contribution in [1.29, 1.82) is 0 Å². The molecule has 82 valence electrons. The van der Waals surface area contributed by atoms with Crippen LogP contribution in [-0.4, -0.2) is 36.7 Å². The Bertz CT molecular complexity index is 401. The maximum absolute atomic E-state index is 11.2. The van der Waals surface area contributed by atoms with Gasteiger partial charge in [-0.25, -0.2) is 4.98 Å². The van der Waals surface area contributed by atoms with Crippen molar-refractivity contribution in [2.75, 3.05) is 26.1 Å². The Kier molecular flexibility index (Phi) is 3.67. The summed E-state index contributed by atoms with van der Waals surface area (Å²) in [5.41, 5.74) is -0.417. The van der Waals surface area contributed by atoms with Gasteiger partial charge in [-0.05, 0) is 0 Å². The summed E-state index contributed by atoms with van der Waals surface area (Å²) in [6, 6.07) is 0. The third-order valence-electron chi connectivity index (χ3n) is 1.64. The molecule has 0 spiro atoms. The van der Waals surface area contributed by atoms with Crippen molar-refractivity contribution in [1.82, 2.24) is 9.97 Å². The molecule has 0 bridgehead atoms. The molecule has 0 unspecified atom stereocenters. The lowest BCUT2D eigenvalue weighted by molar-refractivity contribution is -0.138. The lowest BCUT2D eigenvalue weighted by Crippen LogP contribution is -2.19. The highest BCUT2D eigenvalue weighted by molar-refractivity contribution is 5.74. The van der Waals surface area contributed by atoms with Crippen molar-refractivity contribution in [3.8, 4) is 5.75 Å². The second-order valence-corrected chi connectivity index (χ2v) is 2.54. The molecule has 0 radical (unpaired) electrons. The van der Waals surface area contributed by atoms with Crippen molar-refractivity contribution in [2.45, 2.75) is 0 Å². The van der Waals surface area contributed by atoms with Crippen molar-refractivity contribution < 1.29 is 14.3 Å². The van der Waals surface area contributed by atoms with Crippen LogP contribution in [0.5, 0.6) is 5.75 Å². The minimum Gasteiger partial charge on any atom is -0.489 e. The van der Waals surface area contributed by atoms with Crippen LogP contribution in [0.2, 0.25) is 0 Å². The molecule has 0 aliphatic rings. The van der Waals surface area contributed by atoms with E-state index in [0.717, 1.165) is 0 Å². The number of carbonyl (C=O) groups is 1. The predicted molar refractivity (Wildman–Crippen MR) is 51.9 cm³/mol. The van der Waals surface area contributed by atoms with Gasteiger partial charge in [0, 0.05) is 0 Å². The van der Waals surface area contributed by atoms with Gasteiger partial charge in [-0.3, -0.25) is 9.59 Å². The molecule has 0 atom stereocenters. The topological polar surface area (TPSA) is 93.3 Å². The Balaban J connectivity index is 2.81. The molecule has 1 aromatic heterocycles. The second kappa shape index (κ2) is 4.99. The summed E-state index contributed by atoms with van der Waals surface area (Å²) in [6.07, 6.45) is 1.21. The molecular formula is C8H11N3O4. The first kappa shape index (κ1) is 11.0. The fourth-order valence-corrected chi connectivity index (χ4v) is 0.931. The number of carbonyl (C=O) groups excluding carboxylic acids is 1. The van der Waals surface area contributed by atoms with Gasteiger partial charge in [-0.1, -0.05) is 0 Å². The minimum atomic E-state index is -0.459. The van der Waals surface area contributed by atoms with E-state index in [1.54, 1.807) is 0 Å². The van der Waals surface area contributed by atoms with Gasteiger partial charge in [0.1, 0.15) is 6.54 Å². The maximum Gasteiger partial charge on any atom is 0.325 e. The van der Waals surface area contributed by atoms with Gasteiger partial charge in [0.25, 0.3) is 5.56 Å². The molecule has 0 amide bonds. The van der Waals surface area contributed by atoms with E-state index in [9.17, 15) is 9.59 Å². The van der Waals surface area contributed by atoms with Crippen LogP contribution in [0.4, 0.5) is 5.82 Å². The molecule has 1 rings (SSSR count). The summed E-state index contributed by atoms with van der Waals surface area (Å²) in [5.74, 6) is -0.229. The number of anilines is 1. The maximum atomic E-state index is 11.2.